The molecular formula is C12H23NO2. The standard InChI is InChI=1S/C12H23NO2/c1-9(2)10-7-5-6-8-12(10,13-3)11(14)15-4/h9-10,13H,5-8H2,1-4H3. The first-order valence-corrected chi connectivity index (χ1v) is 5.86. The molecule has 0 bridgehead atoms. The minimum Gasteiger partial charge on any atom is -0.468 e. The highest BCUT2D eigenvalue weighted by Gasteiger charge is 2.47. The van der Waals surface area contributed by atoms with E-state index < -0.39 is 5.54 Å². The topological polar surface area (TPSA) is 38.3 Å². The number of ether oxygens (including phenoxy) is 1. The molecule has 0 aromatic carbocycles. The molecule has 3 heteroatoms. The Hall–Kier alpha value is -0.570. The van der Waals surface area contributed by atoms with Crippen molar-refractivity contribution in [2.75, 3.05) is 14.2 Å². The number of rotatable bonds is 3. The average molecular weight is 213 g/mol. The molecule has 0 aromatic rings. The molecule has 1 N–H and O–H groups in total. The second-order valence-corrected chi connectivity index (χ2v) is 4.81. The minimum atomic E-state index is -0.443. The summed E-state index contributed by atoms with van der Waals surface area (Å²) in [6.45, 7) is 4.37. The molecule has 0 aliphatic heterocycles. The summed E-state index contributed by atoms with van der Waals surface area (Å²) in [4.78, 5) is 12.0. The lowest BCUT2D eigenvalue weighted by atomic mass is 9.68. The second kappa shape index (κ2) is 4.97. The lowest BCUT2D eigenvalue weighted by Gasteiger charge is -2.43. The highest BCUT2D eigenvalue weighted by atomic mass is 16.5. The van der Waals surface area contributed by atoms with Crippen LogP contribution >= 0.6 is 0 Å². The molecule has 0 heterocycles. The number of methoxy groups -OCH3 is 1. The summed E-state index contributed by atoms with van der Waals surface area (Å²) < 4.78 is 4.96. The smallest absolute Gasteiger partial charge is 0.326 e. The van der Waals surface area contributed by atoms with E-state index in [4.69, 9.17) is 4.74 Å². The van der Waals surface area contributed by atoms with Gasteiger partial charge in [0.05, 0.1) is 7.11 Å². The van der Waals surface area contributed by atoms with E-state index in [-0.39, 0.29) is 5.97 Å². The summed E-state index contributed by atoms with van der Waals surface area (Å²) in [6, 6.07) is 0. The average Bonchev–Trinajstić information content (AvgIpc) is 2.27. The SMILES string of the molecule is CNC1(C(=O)OC)CCCCC1C(C)C. The molecule has 0 amide bonds. The van der Waals surface area contributed by atoms with Crippen LogP contribution in [0.1, 0.15) is 39.5 Å². The lowest BCUT2D eigenvalue weighted by molar-refractivity contribution is -0.154. The van der Waals surface area contributed by atoms with Gasteiger partial charge in [-0.2, -0.15) is 0 Å². The molecule has 0 spiro atoms. The normalized spacial score (nSPS) is 31.7. The maximum atomic E-state index is 12.0. The third-order valence-corrected chi connectivity index (χ3v) is 3.77. The van der Waals surface area contributed by atoms with Crippen LogP contribution < -0.4 is 5.32 Å². The Kier molecular flexibility index (Phi) is 4.14. The van der Waals surface area contributed by atoms with E-state index >= 15 is 0 Å². The number of carbonyl (C=O) groups is 1. The maximum absolute atomic E-state index is 12.0. The van der Waals surface area contributed by atoms with Gasteiger partial charge in [-0.3, -0.25) is 4.79 Å². The molecule has 2 atom stereocenters. The van der Waals surface area contributed by atoms with Crippen LogP contribution in [0.2, 0.25) is 0 Å². The van der Waals surface area contributed by atoms with Crippen molar-refractivity contribution in [2.24, 2.45) is 11.8 Å². The third kappa shape index (κ3) is 2.17. The van der Waals surface area contributed by atoms with Crippen molar-refractivity contribution in [2.45, 2.75) is 45.1 Å². The molecule has 0 saturated heterocycles. The second-order valence-electron chi connectivity index (χ2n) is 4.81. The highest BCUT2D eigenvalue weighted by Crippen LogP contribution is 2.38. The van der Waals surface area contributed by atoms with E-state index in [0.717, 1.165) is 19.3 Å². The van der Waals surface area contributed by atoms with Crippen LogP contribution in [0.25, 0.3) is 0 Å². The lowest BCUT2D eigenvalue weighted by Crippen LogP contribution is -2.59. The van der Waals surface area contributed by atoms with Gasteiger partial charge in [0.25, 0.3) is 0 Å². The molecule has 1 aliphatic carbocycles. The van der Waals surface area contributed by atoms with Crippen molar-refractivity contribution in [3.63, 3.8) is 0 Å². The Bertz CT molecular complexity index is 228. The van der Waals surface area contributed by atoms with E-state index in [1.54, 1.807) is 0 Å². The number of hydrogen-bond donors (Lipinski definition) is 1. The van der Waals surface area contributed by atoms with Gasteiger partial charge in [0, 0.05) is 0 Å². The van der Waals surface area contributed by atoms with Gasteiger partial charge in [0.2, 0.25) is 0 Å². The van der Waals surface area contributed by atoms with Crippen molar-refractivity contribution in [3.8, 4) is 0 Å². The predicted octanol–water partition coefficient (Wildman–Crippen LogP) is 1.96. The summed E-state index contributed by atoms with van der Waals surface area (Å²) in [5.41, 5.74) is -0.443. The van der Waals surface area contributed by atoms with Crippen LogP contribution in [0.3, 0.4) is 0 Å². The molecule has 2 unspecified atom stereocenters. The monoisotopic (exact) mass is 213 g/mol. The number of esters is 1. The Morgan fingerprint density at radius 1 is 1.47 bits per heavy atom. The third-order valence-electron chi connectivity index (χ3n) is 3.77. The molecule has 88 valence electrons. The Morgan fingerprint density at radius 3 is 2.60 bits per heavy atom. The Balaban J connectivity index is 2.95. The highest BCUT2D eigenvalue weighted by molar-refractivity contribution is 5.81. The van der Waals surface area contributed by atoms with Crippen LogP contribution in [-0.2, 0) is 9.53 Å². The summed E-state index contributed by atoms with van der Waals surface area (Å²) in [5.74, 6) is 0.809. The summed E-state index contributed by atoms with van der Waals surface area (Å²) >= 11 is 0. The zero-order chi connectivity index (χ0) is 11.5. The fraction of sp³-hybridized carbons (Fsp3) is 0.917. The summed E-state index contributed by atoms with van der Waals surface area (Å²) in [7, 11) is 3.35. The first kappa shape index (κ1) is 12.5. The van der Waals surface area contributed by atoms with E-state index in [1.165, 1.54) is 13.5 Å². The maximum Gasteiger partial charge on any atom is 0.326 e. The predicted molar refractivity (Wildman–Crippen MR) is 60.6 cm³/mol. The molecule has 15 heavy (non-hydrogen) atoms. The molecule has 1 fully saturated rings. The van der Waals surface area contributed by atoms with Gasteiger partial charge in [-0.05, 0) is 31.7 Å². The minimum absolute atomic E-state index is 0.0941. The first-order valence-electron chi connectivity index (χ1n) is 5.86. The molecule has 3 nitrogen and oxygen atoms in total. The van der Waals surface area contributed by atoms with Gasteiger partial charge in [-0.15, -0.1) is 0 Å². The van der Waals surface area contributed by atoms with Crippen molar-refractivity contribution >= 4 is 5.97 Å². The summed E-state index contributed by atoms with van der Waals surface area (Å²) in [6.07, 6.45) is 4.36. The first-order chi connectivity index (χ1) is 7.08. The van der Waals surface area contributed by atoms with Crippen LogP contribution in [0, 0.1) is 11.8 Å². The van der Waals surface area contributed by atoms with Gasteiger partial charge in [-0.25, -0.2) is 0 Å². The molecule has 1 saturated carbocycles. The van der Waals surface area contributed by atoms with Gasteiger partial charge in [0.1, 0.15) is 5.54 Å². The zero-order valence-electron chi connectivity index (χ0n) is 10.3. The Morgan fingerprint density at radius 2 is 2.13 bits per heavy atom. The zero-order valence-corrected chi connectivity index (χ0v) is 10.3. The van der Waals surface area contributed by atoms with E-state index in [9.17, 15) is 4.79 Å². The van der Waals surface area contributed by atoms with Crippen LogP contribution in [0.4, 0.5) is 0 Å². The largest absolute Gasteiger partial charge is 0.468 e. The molecule has 1 aliphatic rings. The Labute approximate surface area is 92.6 Å². The van der Waals surface area contributed by atoms with E-state index in [1.807, 2.05) is 7.05 Å². The van der Waals surface area contributed by atoms with E-state index in [0.29, 0.717) is 11.8 Å². The quantitative estimate of drug-likeness (QED) is 0.728. The van der Waals surface area contributed by atoms with E-state index in [2.05, 4.69) is 19.2 Å². The van der Waals surface area contributed by atoms with Crippen LogP contribution in [-0.4, -0.2) is 25.7 Å². The fourth-order valence-corrected chi connectivity index (χ4v) is 2.95. The molecule has 0 radical (unpaired) electrons. The van der Waals surface area contributed by atoms with Gasteiger partial charge in [0.15, 0.2) is 0 Å². The number of likely N-dealkylation sites (N-methyl/N-ethyl adjacent to an activating group) is 1. The van der Waals surface area contributed by atoms with Crippen LogP contribution in [0.5, 0.6) is 0 Å². The van der Waals surface area contributed by atoms with Gasteiger partial charge >= 0.3 is 5.97 Å². The number of nitrogens with one attached hydrogen (secondary N) is 1. The number of hydrogen-bond acceptors (Lipinski definition) is 3. The molecule has 0 aromatic heterocycles. The molecular weight excluding hydrogens is 190 g/mol. The van der Waals surface area contributed by atoms with Crippen molar-refractivity contribution in [3.05, 3.63) is 0 Å². The fourth-order valence-electron chi connectivity index (χ4n) is 2.95. The summed E-state index contributed by atoms with van der Waals surface area (Å²) in [5, 5.41) is 3.22. The van der Waals surface area contributed by atoms with Crippen molar-refractivity contribution < 1.29 is 9.53 Å². The molecule has 1 rings (SSSR count). The van der Waals surface area contributed by atoms with Crippen LogP contribution in [0.15, 0.2) is 0 Å². The van der Waals surface area contributed by atoms with Gasteiger partial charge < -0.3 is 10.1 Å². The van der Waals surface area contributed by atoms with Gasteiger partial charge in [-0.1, -0.05) is 26.7 Å². The van der Waals surface area contributed by atoms with Crippen molar-refractivity contribution in [1.29, 1.82) is 0 Å². The van der Waals surface area contributed by atoms with Crippen molar-refractivity contribution in [1.82, 2.24) is 5.32 Å². The number of carbonyl (C=O) groups excluding carboxylic acids is 1.